The zero-order valence-corrected chi connectivity index (χ0v) is 13.9. The maximum Gasteiger partial charge on any atom is 0.136 e. The van der Waals surface area contributed by atoms with Crippen LogP contribution < -0.4 is 0 Å². The van der Waals surface area contributed by atoms with Gasteiger partial charge in [-0.05, 0) is 73.5 Å². The fourth-order valence-electron chi connectivity index (χ4n) is 6.88. The normalized spacial score (nSPS) is 57.9. The van der Waals surface area contributed by atoms with Crippen molar-refractivity contribution in [2.75, 3.05) is 0 Å². The van der Waals surface area contributed by atoms with Crippen LogP contribution in [0.25, 0.3) is 0 Å². The highest BCUT2D eigenvalue weighted by molar-refractivity contribution is 5.83. The second-order valence-corrected chi connectivity index (χ2v) is 9.18. The minimum atomic E-state index is -0.218. The van der Waals surface area contributed by atoms with Gasteiger partial charge < -0.3 is 10.2 Å². The van der Waals surface area contributed by atoms with Gasteiger partial charge in [0.2, 0.25) is 0 Å². The van der Waals surface area contributed by atoms with E-state index in [1.807, 2.05) is 0 Å². The van der Waals surface area contributed by atoms with Crippen LogP contribution in [0, 0.1) is 34.5 Å². The number of Topliss-reactive ketones (excluding diaryl/α,β-unsaturated/α-hetero) is 1. The average molecular weight is 306 g/mol. The Labute approximate surface area is 133 Å². The van der Waals surface area contributed by atoms with Gasteiger partial charge in [-0.1, -0.05) is 13.8 Å². The van der Waals surface area contributed by atoms with Gasteiger partial charge in [-0.25, -0.2) is 0 Å². The van der Waals surface area contributed by atoms with Crippen molar-refractivity contribution >= 4 is 5.78 Å². The Morgan fingerprint density at radius 1 is 0.955 bits per heavy atom. The molecule has 0 aromatic heterocycles. The molecule has 0 unspecified atom stereocenters. The first-order chi connectivity index (χ1) is 10.4. The monoisotopic (exact) mass is 306 g/mol. The summed E-state index contributed by atoms with van der Waals surface area (Å²) in [6, 6.07) is 0. The SMILES string of the molecule is C[C@]12CC[C@H](O)C[C@@H]1CC(=O)[C@H]1[C@H]2CC[C@]2(C)[C@@H]1CC[C@@H]2O. The Bertz CT molecular complexity index is 489. The summed E-state index contributed by atoms with van der Waals surface area (Å²) in [6.07, 6.45) is 7.07. The predicted octanol–water partition coefficient (Wildman–Crippen LogP) is 2.93. The van der Waals surface area contributed by atoms with E-state index in [0.717, 1.165) is 44.9 Å². The number of fused-ring (bicyclic) bond motifs is 5. The molecule has 3 heteroatoms. The largest absolute Gasteiger partial charge is 0.393 e. The lowest BCUT2D eigenvalue weighted by atomic mass is 9.45. The summed E-state index contributed by atoms with van der Waals surface area (Å²) in [5.41, 5.74) is 0.195. The lowest BCUT2D eigenvalue weighted by Gasteiger charge is -2.59. The smallest absolute Gasteiger partial charge is 0.136 e. The summed E-state index contributed by atoms with van der Waals surface area (Å²) >= 11 is 0. The molecule has 4 saturated carbocycles. The topological polar surface area (TPSA) is 57.5 Å². The van der Waals surface area contributed by atoms with E-state index in [0.29, 0.717) is 30.0 Å². The maximum absolute atomic E-state index is 13.0. The molecule has 4 aliphatic rings. The highest BCUT2D eigenvalue weighted by atomic mass is 16.3. The Balaban J connectivity index is 1.69. The van der Waals surface area contributed by atoms with Crippen molar-refractivity contribution in [3.8, 4) is 0 Å². The van der Waals surface area contributed by atoms with Crippen molar-refractivity contribution in [3.63, 3.8) is 0 Å². The van der Waals surface area contributed by atoms with Gasteiger partial charge in [0.25, 0.3) is 0 Å². The summed E-state index contributed by atoms with van der Waals surface area (Å²) in [6.45, 7) is 4.61. The Kier molecular flexibility index (Phi) is 3.30. The van der Waals surface area contributed by atoms with E-state index < -0.39 is 0 Å². The highest BCUT2D eigenvalue weighted by Gasteiger charge is 2.62. The first-order valence-corrected chi connectivity index (χ1v) is 9.25. The Morgan fingerprint density at radius 2 is 1.64 bits per heavy atom. The molecule has 0 amide bonds. The number of aliphatic hydroxyl groups is 2. The van der Waals surface area contributed by atoms with E-state index in [9.17, 15) is 15.0 Å². The van der Waals surface area contributed by atoms with Crippen LogP contribution in [0.1, 0.15) is 65.2 Å². The van der Waals surface area contributed by atoms with Crippen molar-refractivity contribution in [2.45, 2.75) is 77.4 Å². The standard InChI is InChI=1S/C19H30O3/c1-18-7-5-12(20)9-11(18)10-15(21)17-13-3-4-16(22)19(13,2)8-6-14(17)18/h11-14,16-17,20,22H,3-10H2,1-2H3/t11-,12+,13-,14-,16+,17-,18+,19-/m1/s1. The van der Waals surface area contributed by atoms with Gasteiger partial charge >= 0.3 is 0 Å². The lowest BCUT2D eigenvalue weighted by Crippen LogP contribution is -2.57. The molecule has 0 aromatic carbocycles. The third kappa shape index (κ3) is 1.84. The second-order valence-electron chi connectivity index (χ2n) is 9.18. The van der Waals surface area contributed by atoms with Gasteiger partial charge in [0, 0.05) is 12.3 Å². The van der Waals surface area contributed by atoms with Crippen molar-refractivity contribution in [1.82, 2.24) is 0 Å². The molecule has 3 nitrogen and oxygen atoms in total. The number of aliphatic hydroxyl groups excluding tert-OH is 2. The minimum Gasteiger partial charge on any atom is -0.393 e. The van der Waals surface area contributed by atoms with Crippen LogP contribution in [-0.2, 0) is 4.79 Å². The summed E-state index contributed by atoms with van der Waals surface area (Å²) in [7, 11) is 0. The van der Waals surface area contributed by atoms with Crippen molar-refractivity contribution in [3.05, 3.63) is 0 Å². The zero-order valence-electron chi connectivity index (χ0n) is 13.9. The minimum absolute atomic E-state index is 0.0335. The molecule has 0 bridgehead atoms. The molecule has 0 spiro atoms. The predicted molar refractivity (Wildman–Crippen MR) is 84.1 cm³/mol. The van der Waals surface area contributed by atoms with E-state index in [1.54, 1.807) is 0 Å². The van der Waals surface area contributed by atoms with Crippen molar-refractivity contribution in [2.24, 2.45) is 34.5 Å². The molecule has 22 heavy (non-hydrogen) atoms. The third-order valence-corrected chi connectivity index (χ3v) is 8.39. The fraction of sp³-hybridized carbons (Fsp3) is 0.947. The first kappa shape index (κ1) is 15.1. The molecule has 2 N–H and O–H groups in total. The molecule has 0 aromatic rings. The molecule has 4 rings (SSSR count). The van der Waals surface area contributed by atoms with Crippen LogP contribution in [0.4, 0.5) is 0 Å². The second kappa shape index (κ2) is 4.80. The first-order valence-electron chi connectivity index (χ1n) is 9.25. The fourth-order valence-corrected chi connectivity index (χ4v) is 6.88. The molecule has 0 aliphatic heterocycles. The van der Waals surface area contributed by atoms with Crippen LogP contribution in [-0.4, -0.2) is 28.2 Å². The van der Waals surface area contributed by atoms with E-state index in [1.165, 1.54) is 0 Å². The van der Waals surface area contributed by atoms with Crippen LogP contribution in [0.5, 0.6) is 0 Å². The molecule has 0 radical (unpaired) electrons. The van der Waals surface area contributed by atoms with E-state index >= 15 is 0 Å². The molecule has 8 atom stereocenters. The van der Waals surface area contributed by atoms with E-state index in [4.69, 9.17) is 0 Å². The molecular formula is C19H30O3. The number of hydrogen-bond donors (Lipinski definition) is 2. The number of carbonyl (C=O) groups is 1. The van der Waals surface area contributed by atoms with Gasteiger partial charge in [-0.2, -0.15) is 0 Å². The van der Waals surface area contributed by atoms with Crippen LogP contribution in [0.3, 0.4) is 0 Å². The summed E-state index contributed by atoms with van der Waals surface area (Å²) < 4.78 is 0. The molecule has 0 saturated heterocycles. The summed E-state index contributed by atoms with van der Waals surface area (Å²) in [4.78, 5) is 13.0. The van der Waals surface area contributed by atoms with E-state index in [2.05, 4.69) is 13.8 Å². The van der Waals surface area contributed by atoms with Gasteiger partial charge in [0.15, 0.2) is 0 Å². The van der Waals surface area contributed by atoms with Crippen molar-refractivity contribution < 1.29 is 15.0 Å². The molecule has 4 fully saturated rings. The molecule has 4 aliphatic carbocycles. The van der Waals surface area contributed by atoms with E-state index in [-0.39, 0.29) is 29.0 Å². The van der Waals surface area contributed by atoms with Crippen LogP contribution in [0.15, 0.2) is 0 Å². The average Bonchev–Trinajstić information content (AvgIpc) is 2.77. The number of ketones is 1. The maximum atomic E-state index is 13.0. The van der Waals surface area contributed by atoms with Crippen molar-refractivity contribution in [1.29, 1.82) is 0 Å². The Hall–Kier alpha value is -0.410. The molecule has 0 heterocycles. The number of rotatable bonds is 0. The van der Waals surface area contributed by atoms with Gasteiger partial charge in [0.05, 0.1) is 12.2 Å². The van der Waals surface area contributed by atoms with Gasteiger partial charge in [-0.15, -0.1) is 0 Å². The van der Waals surface area contributed by atoms with Gasteiger partial charge in [0.1, 0.15) is 5.78 Å². The summed E-state index contributed by atoms with van der Waals surface area (Å²) in [5, 5.41) is 20.5. The Morgan fingerprint density at radius 3 is 2.41 bits per heavy atom. The van der Waals surface area contributed by atoms with Gasteiger partial charge in [-0.3, -0.25) is 4.79 Å². The quantitative estimate of drug-likeness (QED) is 0.723. The lowest BCUT2D eigenvalue weighted by molar-refractivity contribution is -0.162. The third-order valence-electron chi connectivity index (χ3n) is 8.39. The number of carbonyl (C=O) groups excluding carboxylic acids is 1. The zero-order chi connectivity index (χ0) is 15.7. The number of hydrogen-bond acceptors (Lipinski definition) is 3. The molecule has 124 valence electrons. The van der Waals surface area contributed by atoms with Crippen LogP contribution in [0.2, 0.25) is 0 Å². The summed E-state index contributed by atoms with van der Waals surface area (Å²) in [5.74, 6) is 1.85. The molecular weight excluding hydrogens is 276 g/mol. The highest BCUT2D eigenvalue weighted by Crippen LogP contribution is 2.65. The van der Waals surface area contributed by atoms with Crippen LogP contribution >= 0.6 is 0 Å².